The highest BCUT2D eigenvalue weighted by atomic mass is 79.9. The van der Waals surface area contributed by atoms with E-state index in [9.17, 15) is 0 Å². The molecule has 0 unspecified atom stereocenters. The lowest BCUT2D eigenvalue weighted by atomic mass is 10.0. The first-order valence-corrected chi connectivity index (χ1v) is 4.38. The summed E-state index contributed by atoms with van der Waals surface area (Å²) in [6.45, 7) is 1.61. The predicted molar refractivity (Wildman–Crippen MR) is 50.6 cm³/mol. The highest BCUT2D eigenvalue weighted by Gasteiger charge is 2.23. The first-order valence-electron chi connectivity index (χ1n) is 3.58. The molecule has 1 heterocycles. The minimum Gasteiger partial charge on any atom is -0.394 e. The minimum absolute atomic E-state index is 0.122. The average Bonchev–Trinajstić information content (AvgIpc) is 2.05. The second-order valence-electron chi connectivity index (χ2n) is 2.91. The van der Waals surface area contributed by atoms with Crippen LogP contribution in [0.4, 0.5) is 0 Å². The van der Waals surface area contributed by atoms with Crippen LogP contribution in [0.15, 0.2) is 22.8 Å². The van der Waals surface area contributed by atoms with E-state index in [1.807, 2.05) is 6.07 Å². The van der Waals surface area contributed by atoms with E-state index >= 15 is 0 Å². The van der Waals surface area contributed by atoms with Gasteiger partial charge in [0.25, 0.3) is 0 Å². The highest BCUT2D eigenvalue weighted by molar-refractivity contribution is 9.10. The molecule has 3 N–H and O–H groups in total. The van der Waals surface area contributed by atoms with Crippen LogP contribution in [0.5, 0.6) is 0 Å². The predicted octanol–water partition coefficient (Wildman–Crippen LogP) is 1.01. The standard InChI is InChI=1S/C8H11BrN2O/c1-8(10,5-12)7-6(9)3-2-4-11-7/h2-4,12H,5,10H2,1H3/t8-/m1/s1. The van der Waals surface area contributed by atoms with Crippen LogP contribution in [0.25, 0.3) is 0 Å². The molecule has 0 fully saturated rings. The van der Waals surface area contributed by atoms with Crippen molar-refractivity contribution < 1.29 is 5.11 Å². The van der Waals surface area contributed by atoms with Crippen LogP contribution < -0.4 is 5.73 Å². The van der Waals surface area contributed by atoms with Crippen molar-refractivity contribution >= 4 is 15.9 Å². The van der Waals surface area contributed by atoms with Crippen molar-refractivity contribution in [2.24, 2.45) is 5.73 Å². The zero-order valence-corrected chi connectivity index (χ0v) is 8.37. The Bertz CT molecular complexity index is 276. The molecule has 0 aromatic carbocycles. The summed E-state index contributed by atoms with van der Waals surface area (Å²) in [5.41, 5.74) is 5.69. The molecule has 4 heteroatoms. The average molecular weight is 231 g/mol. The number of aromatic nitrogens is 1. The van der Waals surface area contributed by atoms with E-state index in [0.717, 1.165) is 4.47 Å². The number of hydrogen-bond donors (Lipinski definition) is 2. The molecule has 0 radical (unpaired) electrons. The molecule has 66 valence electrons. The Morgan fingerprint density at radius 3 is 2.92 bits per heavy atom. The summed E-state index contributed by atoms with van der Waals surface area (Å²) < 4.78 is 0.823. The third kappa shape index (κ3) is 1.83. The quantitative estimate of drug-likeness (QED) is 0.798. The Balaban J connectivity index is 3.10. The fourth-order valence-corrected chi connectivity index (χ4v) is 1.59. The summed E-state index contributed by atoms with van der Waals surface area (Å²) in [6, 6.07) is 3.66. The molecule has 1 aromatic rings. The van der Waals surface area contributed by atoms with Gasteiger partial charge in [0.2, 0.25) is 0 Å². The van der Waals surface area contributed by atoms with E-state index in [4.69, 9.17) is 10.8 Å². The number of aliphatic hydroxyl groups is 1. The lowest BCUT2D eigenvalue weighted by Crippen LogP contribution is -2.38. The Kier molecular flexibility index (Phi) is 2.82. The van der Waals surface area contributed by atoms with Crippen LogP contribution in [0.2, 0.25) is 0 Å². The monoisotopic (exact) mass is 230 g/mol. The van der Waals surface area contributed by atoms with Gasteiger partial charge in [-0.15, -0.1) is 0 Å². The van der Waals surface area contributed by atoms with Crippen molar-refractivity contribution in [1.82, 2.24) is 4.98 Å². The normalized spacial score (nSPS) is 15.7. The maximum atomic E-state index is 8.99. The van der Waals surface area contributed by atoms with Gasteiger partial charge in [0.05, 0.1) is 17.8 Å². The first-order chi connectivity index (χ1) is 5.58. The van der Waals surface area contributed by atoms with Crippen molar-refractivity contribution in [2.45, 2.75) is 12.5 Å². The van der Waals surface area contributed by atoms with Gasteiger partial charge in [-0.2, -0.15) is 0 Å². The van der Waals surface area contributed by atoms with Crippen LogP contribution in [-0.2, 0) is 5.54 Å². The summed E-state index contributed by atoms with van der Waals surface area (Å²) in [5.74, 6) is 0. The van der Waals surface area contributed by atoms with Gasteiger partial charge in [-0.3, -0.25) is 4.98 Å². The number of rotatable bonds is 2. The molecule has 0 aliphatic rings. The van der Waals surface area contributed by atoms with Gasteiger partial charge in [0.15, 0.2) is 0 Å². The zero-order valence-electron chi connectivity index (χ0n) is 6.79. The number of hydrogen-bond acceptors (Lipinski definition) is 3. The summed E-state index contributed by atoms with van der Waals surface area (Å²) >= 11 is 3.32. The topological polar surface area (TPSA) is 59.1 Å². The van der Waals surface area contributed by atoms with E-state index in [1.165, 1.54) is 0 Å². The minimum atomic E-state index is -0.778. The molecule has 0 saturated carbocycles. The van der Waals surface area contributed by atoms with Crippen molar-refractivity contribution in [2.75, 3.05) is 6.61 Å². The SMILES string of the molecule is C[C@@](N)(CO)c1ncccc1Br. The number of nitrogens with zero attached hydrogens (tertiary/aromatic N) is 1. The maximum absolute atomic E-state index is 8.99. The third-order valence-corrected chi connectivity index (χ3v) is 2.27. The van der Waals surface area contributed by atoms with Gasteiger partial charge < -0.3 is 10.8 Å². The summed E-state index contributed by atoms with van der Waals surface area (Å²) in [6.07, 6.45) is 1.65. The zero-order chi connectivity index (χ0) is 9.19. The molecule has 0 spiro atoms. The molecule has 1 aromatic heterocycles. The number of pyridine rings is 1. The molecule has 12 heavy (non-hydrogen) atoms. The van der Waals surface area contributed by atoms with E-state index < -0.39 is 5.54 Å². The molecule has 0 aliphatic heterocycles. The fraction of sp³-hybridized carbons (Fsp3) is 0.375. The number of aliphatic hydroxyl groups excluding tert-OH is 1. The maximum Gasteiger partial charge on any atom is 0.0800 e. The van der Waals surface area contributed by atoms with Crippen molar-refractivity contribution in [3.63, 3.8) is 0 Å². The molecule has 1 atom stereocenters. The second kappa shape index (κ2) is 3.51. The molecule has 0 bridgehead atoms. The Labute approximate surface area is 79.7 Å². The largest absolute Gasteiger partial charge is 0.394 e. The van der Waals surface area contributed by atoms with Gasteiger partial charge in [-0.25, -0.2) is 0 Å². The molecular formula is C8H11BrN2O. The van der Waals surface area contributed by atoms with Crippen molar-refractivity contribution in [3.8, 4) is 0 Å². The summed E-state index contributed by atoms with van der Waals surface area (Å²) in [7, 11) is 0. The van der Waals surface area contributed by atoms with Gasteiger partial charge in [-0.05, 0) is 35.0 Å². The van der Waals surface area contributed by atoms with E-state index in [0.29, 0.717) is 5.69 Å². The highest BCUT2D eigenvalue weighted by Crippen LogP contribution is 2.22. The summed E-state index contributed by atoms with van der Waals surface area (Å²) in [4.78, 5) is 4.09. The van der Waals surface area contributed by atoms with Gasteiger partial charge in [-0.1, -0.05) is 0 Å². The third-order valence-electron chi connectivity index (χ3n) is 1.63. The van der Waals surface area contributed by atoms with Crippen LogP contribution in [-0.4, -0.2) is 16.7 Å². The molecule has 1 rings (SSSR count). The molecule has 3 nitrogen and oxygen atoms in total. The van der Waals surface area contributed by atoms with Gasteiger partial charge in [0, 0.05) is 10.7 Å². The molecular weight excluding hydrogens is 220 g/mol. The van der Waals surface area contributed by atoms with Crippen molar-refractivity contribution in [1.29, 1.82) is 0 Å². The smallest absolute Gasteiger partial charge is 0.0800 e. The molecule has 0 amide bonds. The lowest BCUT2D eigenvalue weighted by molar-refractivity contribution is 0.206. The Hall–Kier alpha value is -0.450. The van der Waals surface area contributed by atoms with E-state index in [2.05, 4.69) is 20.9 Å². The molecule has 0 saturated heterocycles. The lowest BCUT2D eigenvalue weighted by Gasteiger charge is -2.21. The molecule has 0 aliphatic carbocycles. The van der Waals surface area contributed by atoms with Crippen molar-refractivity contribution in [3.05, 3.63) is 28.5 Å². The van der Waals surface area contributed by atoms with Crippen LogP contribution in [0, 0.1) is 0 Å². The first kappa shape index (κ1) is 9.64. The van der Waals surface area contributed by atoms with Crippen LogP contribution in [0.1, 0.15) is 12.6 Å². The summed E-state index contributed by atoms with van der Waals surface area (Å²) in [5, 5.41) is 8.99. The van der Waals surface area contributed by atoms with Gasteiger partial charge >= 0.3 is 0 Å². The van der Waals surface area contributed by atoms with E-state index in [1.54, 1.807) is 19.2 Å². The van der Waals surface area contributed by atoms with Crippen LogP contribution in [0.3, 0.4) is 0 Å². The second-order valence-corrected chi connectivity index (χ2v) is 3.76. The Morgan fingerprint density at radius 1 is 1.75 bits per heavy atom. The number of nitrogens with two attached hydrogens (primary N) is 1. The Morgan fingerprint density at radius 2 is 2.42 bits per heavy atom. The van der Waals surface area contributed by atoms with Gasteiger partial charge in [0.1, 0.15) is 0 Å². The fourth-order valence-electron chi connectivity index (χ4n) is 0.881. The van der Waals surface area contributed by atoms with E-state index in [-0.39, 0.29) is 6.61 Å². The number of halogens is 1. The van der Waals surface area contributed by atoms with Crippen LogP contribution >= 0.6 is 15.9 Å².